The third kappa shape index (κ3) is 3.57. The van der Waals surface area contributed by atoms with Gasteiger partial charge in [0.25, 0.3) is 0 Å². The van der Waals surface area contributed by atoms with E-state index >= 15 is 0 Å². The van der Waals surface area contributed by atoms with Crippen molar-refractivity contribution < 1.29 is 9.90 Å². The van der Waals surface area contributed by atoms with Crippen molar-refractivity contribution in [3.05, 3.63) is 59.9 Å². The number of likely N-dealkylation sites (tertiary alicyclic amines) is 1. The van der Waals surface area contributed by atoms with Crippen LogP contribution in [0.4, 0.5) is 0 Å². The average molecular weight is 352 g/mol. The highest BCUT2D eigenvalue weighted by Gasteiger charge is 2.34. The highest BCUT2D eigenvalue weighted by Crippen LogP contribution is 2.29. The van der Waals surface area contributed by atoms with E-state index in [0.29, 0.717) is 12.3 Å². The number of pyridine rings is 1. The second-order valence-electron chi connectivity index (χ2n) is 7.10. The lowest BCUT2D eigenvalue weighted by Crippen LogP contribution is -2.48. The Morgan fingerprint density at radius 2 is 1.69 bits per heavy atom. The molecular weight excluding hydrogens is 328 g/mol. The molecule has 0 aliphatic carbocycles. The molecule has 1 aromatic carbocycles. The van der Waals surface area contributed by atoms with Gasteiger partial charge in [0.05, 0.1) is 0 Å². The van der Waals surface area contributed by atoms with Gasteiger partial charge in [0.1, 0.15) is 11.8 Å². The molecule has 1 amide bonds. The Kier molecular flexibility index (Phi) is 4.86. The zero-order valence-electron chi connectivity index (χ0n) is 14.6. The third-order valence-electron chi connectivity index (χ3n) is 5.48. The van der Waals surface area contributed by atoms with Gasteiger partial charge < -0.3 is 10.0 Å². The smallest absolute Gasteiger partial charge is 0.241 e. The van der Waals surface area contributed by atoms with Crippen LogP contribution >= 0.6 is 0 Å². The molecule has 2 aromatic rings. The monoisotopic (exact) mass is 352 g/mol. The van der Waals surface area contributed by atoms with Crippen LogP contribution in [-0.4, -0.2) is 40.0 Å². The van der Waals surface area contributed by atoms with Crippen LogP contribution < -0.4 is 10.9 Å². The van der Waals surface area contributed by atoms with Gasteiger partial charge in [0.15, 0.2) is 0 Å². The minimum Gasteiger partial charge on any atom is -0.508 e. The Morgan fingerprint density at radius 3 is 2.38 bits per heavy atom. The lowest BCUT2D eigenvalue weighted by atomic mass is 9.89. The highest BCUT2D eigenvalue weighted by atomic mass is 16.3. The van der Waals surface area contributed by atoms with Gasteiger partial charge in [-0.1, -0.05) is 12.1 Å². The van der Waals surface area contributed by atoms with Gasteiger partial charge in [-0.05, 0) is 60.6 Å². The van der Waals surface area contributed by atoms with Crippen molar-refractivity contribution in [3.63, 3.8) is 0 Å². The highest BCUT2D eigenvalue weighted by molar-refractivity contribution is 5.82. The fourth-order valence-electron chi connectivity index (χ4n) is 3.93. The van der Waals surface area contributed by atoms with E-state index < -0.39 is 0 Å². The predicted octanol–water partition coefficient (Wildman–Crippen LogP) is 2.10. The normalized spacial score (nSPS) is 23.9. The van der Waals surface area contributed by atoms with E-state index in [-0.39, 0.29) is 23.7 Å². The van der Waals surface area contributed by atoms with Gasteiger partial charge in [-0.15, -0.1) is 0 Å². The maximum atomic E-state index is 12.8. The van der Waals surface area contributed by atoms with Gasteiger partial charge in [-0.2, -0.15) is 0 Å². The second kappa shape index (κ2) is 7.43. The Hall–Kier alpha value is -2.44. The second-order valence-corrected chi connectivity index (χ2v) is 7.10. The summed E-state index contributed by atoms with van der Waals surface area (Å²) in [7, 11) is 0. The maximum absolute atomic E-state index is 12.8. The first-order chi connectivity index (χ1) is 12.7. The molecule has 0 saturated carbocycles. The Balaban J connectivity index is 1.32. The molecule has 2 saturated heterocycles. The van der Waals surface area contributed by atoms with Crippen LogP contribution in [0.2, 0.25) is 0 Å². The predicted molar refractivity (Wildman–Crippen MR) is 98.3 cm³/mol. The number of nitrogens with zero attached hydrogens (tertiary/aromatic N) is 2. The summed E-state index contributed by atoms with van der Waals surface area (Å²) in [5.41, 5.74) is 8.75. The standard InChI is InChI=1S/C20H24N4O2/c25-17-3-1-16(2-4-17)18-13-19(23-22-18)20(26)24-11-7-15(8-12-24)14-5-9-21-10-6-14/h1-6,9-10,15,18-19,22-23,25H,7-8,11-13H2. The summed E-state index contributed by atoms with van der Waals surface area (Å²) in [6.07, 6.45) is 6.39. The summed E-state index contributed by atoms with van der Waals surface area (Å²) in [5, 5.41) is 9.41. The SMILES string of the molecule is O=C(C1CC(c2ccc(O)cc2)NN1)N1CCC(c2ccncc2)CC1. The Bertz CT molecular complexity index is 742. The van der Waals surface area contributed by atoms with Gasteiger partial charge in [-0.25, -0.2) is 10.9 Å². The van der Waals surface area contributed by atoms with Crippen molar-refractivity contribution in [1.29, 1.82) is 0 Å². The molecule has 2 aliphatic heterocycles. The fourth-order valence-corrected chi connectivity index (χ4v) is 3.93. The summed E-state index contributed by atoms with van der Waals surface area (Å²) < 4.78 is 0. The molecule has 6 nitrogen and oxygen atoms in total. The van der Waals surface area contributed by atoms with Crippen LogP contribution in [0.3, 0.4) is 0 Å². The molecule has 2 atom stereocenters. The third-order valence-corrected chi connectivity index (χ3v) is 5.48. The number of amides is 1. The quantitative estimate of drug-likeness (QED) is 0.789. The van der Waals surface area contributed by atoms with Crippen molar-refractivity contribution in [3.8, 4) is 5.75 Å². The number of nitrogens with one attached hydrogen (secondary N) is 2. The van der Waals surface area contributed by atoms with Gasteiger partial charge in [-0.3, -0.25) is 9.78 Å². The van der Waals surface area contributed by atoms with Crippen molar-refractivity contribution in [2.24, 2.45) is 0 Å². The van der Waals surface area contributed by atoms with E-state index in [4.69, 9.17) is 0 Å². The number of aromatic hydroxyl groups is 1. The first kappa shape index (κ1) is 17.0. The van der Waals surface area contributed by atoms with Gasteiger partial charge in [0, 0.05) is 31.5 Å². The molecule has 0 radical (unpaired) electrons. The molecule has 3 N–H and O–H groups in total. The first-order valence-electron chi connectivity index (χ1n) is 9.19. The Labute approximate surface area is 153 Å². The Morgan fingerprint density at radius 1 is 1.00 bits per heavy atom. The number of hydrogen-bond acceptors (Lipinski definition) is 5. The number of hydrazine groups is 1. The number of hydrogen-bond donors (Lipinski definition) is 3. The number of piperidine rings is 1. The van der Waals surface area contributed by atoms with E-state index in [2.05, 4.69) is 28.0 Å². The molecular formula is C20H24N4O2. The van der Waals surface area contributed by atoms with E-state index in [1.807, 2.05) is 29.4 Å². The van der Waals surface area contributed by atoms with Crippen LogP contribution in [0.25, 0.3) is 0 Å². The summed E-state index contributed by atoms with van der Waals surface area (Å²) in [5.74, 6) is 0.942. The van der Waals surface area contributed by atoms with Gasteiger partial charge >= 0.3 is 0 Å². The molecule has 2 aliphatic rings. The van der Waals surface area contributed by atoms with Crippen molar-refractivity contribution in [1.82, 2.24) is 20.7 Å². The van der Waals surface area contributed by atoms with Crippen LogP contribution in [-0.2, 0) is 4.79 Å². The molecule has 1 aromatic heterocycles. The minimum absolute atomic E-state index is 0.0823. The van der Waals surface area contributed by atoms with Crippen LogP contribution in [0.5, 0.6) is 5.75 Å². The first-order valence-corrected chi connectivity index (χ1v) is 9.19. The van der Waals surface area contributed by atoms with Crippen LogP contribution in [0, 0.1) is 0 Å². The van der Waals surface area contributed by atoms with E-state index in [1.54, 1.807) is 12.1 Å². The van der Waals surface area contributed by atoms with Crippen LogP contribution in [0.15, 0.2) is 48.8 Å². The van der Waals surface area contributed by atoms with E-state index in [0.717, 1.165) is 31.5 Å². The van der Waals surface area contributed by atoms with Crippen molar-refractivity contribution >= 4 is 5.91 Å². The summed E-state index contributed by atoms with van der Waals surface area (Å²) in [6, 6.07) is 11.2. The lowest BCUT2D eigenvalue weighted by Gasteiger charge is -2.33. The molecule has 0 bridgehead atoms. The number of carbonyl (C=O) groups is 1. The zero-order chi connectivity index (χ0) is 17.9. The molecule has 4 rings (SSSR count). The largest absolute Gasteiger partial charge is 0.508 e. The molecule has 0 spiro atoms. The fraction of sp³-hybridized carbons (Fsp3) is 0.400. The summed E-state index contributed by atoms with van der Waals surface area (Å²) in [6.45, 7) is 1.60. The number of aromatic nitrogens is 1. The molecule has 6 heteroatoms. The van der Waals surface area contributed by atoms with E-state index in [9.17, 15) is 9.90 Å². The average Bonchev–Trinajstić information content (AvgIpc) is 3.19. The van der Waals surface area contributed by atoms with Gasteiger partial charge in [0.2, 0.25) is 5.91 Å². The summed E-state index contributed by atoms with van der Waals surface area (Å²) >= 11 is 0. The summed E-state index contributed by atoms with van der Waals surface area (Å²) in [4.78, 5) is 18.9. The van der Waals surface area contributed by atoms with Crippen LogP contribution in [0.1, 0.15) is 42.3 Å². The molecule has 3 heterocycles. The number of phenolic OH excluding ortho intramolecular Hbond substituents is 1. The minimum atomic E-state index is -0.203. The molecule has 2 fully saturated rings. The number of rotatable bonds is 3. The number of carbonyl (C=O) groups excluding carboxylic acids is 1. The number of phenols is 1. The topological polar surface area (TPSA) is 77.5 Å². The van der Waals surface area contributed by atoms with E-state index in [1.165, 1.54) is 5.56 Å². The maximum Gasteiger partial charge on any atom is 0.241 e. The molecule has 2 unspecified atom stereocenters. The molecule has 26 heavy (non-hydrogen) atoms. The molecule has 136 valence electrons. The van der Waals surface area contributed by atoms with Crippen molar-refractivity contribution in [2.45, 2.75) is 37.3 Å². The zero-order valence-corrected chi connectivity index (χ0v) is 14.6. The van der Waals surface area contributed by atoms with Crippen molar-refractivity contribution in [2.75, 3.05) is 13.1 Å². The lowest BCUT2D eigenvalue weighted by molar-refractivity contribution is -0.134. The number of benzene rings is 1.